The molecule has 0 fully saturated rings. The van der Waals surface area contributed by atoms with Crippen LogP contribution in [0.5, 0.6) is 5.75 Å². The number of rotatable bonds is 4. The molecule has 1 aliphatic rings. The zero-order valence-electron chi connectivity index (χ0n) is 15.0. The first-order chi connectivity index (χ1) is 13.2. The number of thioether (sulfide) groups is 1. The Morgan fingerprint density at radius 1 is 1.26 bits per heavy atom. The monoisotopic (exact) mass is 396 g/mol. The van der Waals surface area contributed by atoms with E-state index in [0.29, 0.717) is 29.7 Å². The standard InChI is InChI=1S/C21H20N2O2S2/c1-15-9-10-23(19-7-2-3-8-20(19)27-15)21(24)16-5-4-6-18(11-16)25-12-17-13-26-14-22-17/h2-8,11,13-15H,9-10,12H2,1H3. The summed E-state index contributed by atoms with van der Waals surface area (Å²) >= 11 is 3.38. The molecule has 138 valence electrons. The van der Waals surface area contributed by atoms with Gasteiger partial charge in [-0.25, -0.2) is 4.98 Å². The number of carbonyl (C=O) groups is 1. The predicted molar refractivity (Wildman–Crippen MR) is 111 cm³/mol. The summed E-state index contributed by atoms with van der Waals surface area (Å²) in [6.07, 6.45) is 0.963. The zero-order chi connectivity index (χ0) is 18.6. The molecule has 0 saturated carbocycles. The van der Waals surface area contributed by atoms with Gasteiger partial charge in [-0.15, -0.1) is 23.1 Å². The van der Waals surface area contributed by atoms with E-state index in [1.807, 2.05) is 64.5 Å². The maximum Gasteiger partial charge on any atom is 0.258 e. The molecule has 3 aromatic rings. The van der Waals surface area contributed by atoms with E-state index in [9.17, 15) is 4.79 Å². The number of amides is 1. The van der Waals surface area contributed by atoms with Gasteiger partial charge in [-0.1, -0.05) is 25.1 Å². The number of hydrogen-bond acceptors (Lipinski definition) is 5. The van der Waals surface area contributed by atoms with Gasteiger partial charge in [0.05, 0.1) is 16.9 Å². The Labute approximate surface area is 167 Å². The normalized spacial score (nSPS) is 16.5. The van der Waals surface area contributed by atoms with Gasteiger partial charge < -0.3 is 9.64 Å². The average molecular weight is 397 g/mol. The molecule has 1 atom stereocenters. The van der Waals surface area contributed by atoms with Crippen LogP contribution in [-0.2, 0) is 6.61 Å². The van der Waals surface area contributed by atoms with Crippen molar-refractivity contribution in [2.75, 3.05) is 11.4 Å². The van der Waals surface area contributed by atoms with Gasteiger partial charge in [-0.05, 0) is 36.8 Å². The van der Waals surface area contributed by atoms with Crippen molar-refractivity contribution in [3.05, 3.63) is 70.7 Å². The number of hydrogen-bond donors (Lipinski definition) is 0. The van der Waals surface area contributed by atoms with Crippen molar-refractivity contribution in [3.8, 4) is 5.75 Å². The van der Waals surface area contributed by atoms with Crippen molar-refractivity contribution in [3.63, 3.8) is 0 Å². The molecule has 4 nitrogen and oxygen atoms in total. The molecule has 0 N–H and O–H groups in total. The molecule has 0 aliphatic carbocycles. The topological polar surface area (TPSA) is 42.4 Å². The number of carbonyl (C=O) groups excluding carboxylic acids is 1. The molecule has 2 aromatic carbocycles. The van der Waals surface area contributed by atoms with E-state index < -0.39 is 0 Å². The molecule has 0 spiro atoms. The first-order valence-corrected chi connectivity index (χ1v) is 10.7. The molecule has 0 saturated heterocycles. The van der Waals surface area contributed by atoms with E-state index >= 15 is 0 Å². The predicted octanol–water partition coefficient (Wildman–Crippen LogP) is 5.25. The zero-order valence-corrected chi connectivity index (χ0v) is 16.6. The Kier molecular flexibility index (Phi) is 5.45. The van der Waals surface area contributed by atoms with Crippen molar-refractivity contribution >= 4 is 34.7 Å². The van der Waals surface area contributed by atoms with Gasteiger partial charge in [0.15, 0.2) is 0 Å². The van der Waals surface area contributed by atoms with Crippen LogP contribution in [0.1, 0.15) is 29.4 Å². The second-order valence-electron chi connectivity index (χ2n) is 6.44. The van der Waals surface area contributed by atoms with Crippen molar-refractivity contribution in [1.82, 2.24) is 4.98 Å². The van der Waals surface area contributed by atoms with Crippen LogP contribution in [0.4, 0.5) is 5.69 Å². The SMILES string of the molecule is CC1CCN(C(=O)c2cccc(OCc3cscn3)c2)c2ccccc2S1. The lowest BCUT2D eigenvalue weighted by Crippen LogP contribution is -2.32. The molecular formula is C21H20N2O2S2. The van der Waals surface area contributed by atoms with E-state index in [-0.39, 0.29) is 5.91 Å². The van der Waals surface area contributed by atoms with E-state index in [0.717, 1.165) is 22.7 Å². The Balaban J connectivity index is 1.56. The maximum atomic E-state index is 13.3. The molecule has 1 amide bonds. The molecule has 6 heteroatoms. The van der Waals surface area contributed by atoms with Gasteiger partial charge in [-0.2, -0.15) is 0 Å². The largest absolute Gasteiger partial charge is 0.487 e. The summed E-state index contributed by atoms with van der Waals surface area (Å²) < 4.78 is 5.81. The average Bonchev–Trinajstić information content (AvgIpc) is 3.15. The fourth-order valence-corrected chi connectivity index (χ4v) is 4.69. The molecule has 1 aromatic heterocycles. The lowest BCUT2D eigenvalue weighted by atomic mass is 10.1. The summed E-state index contributed by atoms with van der Waals surface area (Å²) in [5.41, 5.74) is 4.31. The van der Waals surface area contributed by atoms with E-state index in [1.54, 1.807) is 16.8 Å². The quantitative estimate of drug-likeness (QED) is 0.604. The number of anilines is 1. The van der Waals surface area contributed by atoms with Crippen LogP contribution >= 0.6 is 23.1 Å². The molecule has 27 heavy (non-hydrogen) atoms. The summed E-state index contributed by atoms with van der Waals surface area (Å²) in [6, 6.07) is 15.5. The maximum absolute atomic E-state index is 13.3. The van der Waals surface area contributed by atoms with Crippen LogP contribution in [-0.4, -0.2) is 22.7 Å². The highest BCUT2D eigenvalue weighted by atomic mass is 32.2. The fourth-order valence-electron chi connectivity index (χ4n) is 3.04. The Morgan fingerprint density at radius 2 is 2.15 bits per heavy atom. The Morgan fingerprint density at radius 3 is 3.00 bits per heavy atom. The van der Waals surface area contributed by atoms with Gasteiger partial charge in [0.2, 0.25) is 0 Å². The lowest BCUT2D eigenvalue weighted by molar-refractivity contribution is 0.0986. The van der Waals surface area contributed by atoms with Crippen LogP contribution < -0.4 is 9.64 Å². The molecule has 0 bridgehead atoms. The molecular weight excluding hydrogens is 376 g/mol. The van der Waals surface area contributed by atoms with Crippen molar-refractivity contribution < 1.29 is 9.53 Å². The fraction of sp³-hybridized carbons (Fsp3) is 0.238. The number of para-hydroxylation sites is 1. The highest BCUT2D eigenvalue weighted by Crippen LogP contribution is 2.38. The summed E-state index contributed by atoms with van der Waals surface area (Å²) in [5, 5.41) is 2.44. The van der Waals surface area contributed by atoms with E-state index in [2.05, 4.69) is 18.0 Å². The van der Waals surface area contributed by atoms with Gasteiger partial charge >= 0.3 is 0 Å². The summed E-state index contributed by atoms with van der Waals surface area (Å²) in [4.78, 5) is 20.5. The Bertz CT molecular complexity index is 927. The number of ether oxygens (including phenoxy) is 1. The number of benzene rings is 2. The van der Waals surface area contributed by atoms with Crippen LogP contribution in [0.25, 0.3) is 0 Å². The molecule has 1 aliphatic heterocycles. The first kappa shape index (κ1) is 18.1. The summed E-state index contributed by atoms with van der Waals surface area (Å²) in [7, 11) is 0. The highest BCUT2D eigenvalue weighted by molar-refractivity contribution is 8.00. The van der Waals surface area contributed by atoms with Crippen LogP contribution in [0.15, 0.2) is 64.3 Å². The number of aromatic nitrogens is 1. The smallest absolute Gasteiger partial charge is 0.258 e. The number of thiazole rings is 1. The van der Waals surface area contributed by atoms with Crippen LogP contribution in [0.2, 0.25) is 0 Å². The molecule has 2 heterocycles. The van der Waals surface area contributed by atoms with E-state index in [4.69, 9.17) is 4.74 Å². The molecule has 4 rings (SSSR count). The van der Waals surface area contributed by atoms with Gasteiger partial charge in [0.1, 0.15) is 12.4 Å². The third kappa shape index (κ3) is 4.17. The van der Waals surface area contributed by atoms with Crippen LogP contribution in [0, 0.1) is 0 Å². The summed E-state index contributed by atoms with van der Waals surface area (Å²) in [6.45, 7) is 3.33. The number of fused-ring (bicyclic) bond motifs is 1. The first-order valence-electron chi connectivity index (χ1n) is 8.88. The number of nitrogens with zero attached hydrogens (tertiary/aromatic N) is 2. The summed E-state index contributed by atoms with van der Waals surface area (Å²) in [5.74, 6) is 0.691. The molecule has 1 unspecified atom stereocenters. The second kappa shape index (κ2) is 8.15. The van der Waals surface area contributed by atoms with Gasteiger partial charge in [-0.3, -0.25) is 4.79 Å². The highest BCUT2D eigenvalue weighted by Gasteiger charge is 2.25. The minimum Gasteiger partial charge on any atom is -0.487 e. The van der Waals surface area contributed by atoms with Gasteiger partial charge in [0.25, 0.3) is 5.91 Å². The third-order valence-electron chi connectivity index (χ3n) is 4.44. The molecule has 0 radical (unpaired) electrons. The van der Waals surface area contributed by atoms with Crippen molar-refractivity contribution in [2.24, 2.45) is 0 Å². The minimum atomic E-state index is 0.0104. The minimum absolute atomic E-state index is 0.0104. The second-order valence-corrected chi connectivity index (χ2v) is 8.64. The Hall–Kier alpha value is -2.31. The van der Waals surface area contributed by atoms with Crippen LogP contribution in [0.3, 0.4) is 0 Å². The lowest BCUT2D eigenvalue weighted by Gasteiger charge is -2.22. The third-order valence-corrected chi connectivity index (χ3v) is 6.31. The van der Waals surface area contributed by atoms with Crippen molar-refractivity contribution in [2.45, 2.75) is 30.1 Å². The van der Waals surface area contributed by atoms with E-state index in [1.165, 1.54) is 0 Å². The van der Waals surface area contributed by atoms with Crippen molar-refractivity contribution in [1.29, 1.82) is 0 Å². The van der Waals surface area contributed by atoms with Gasteiger partial charge in [0, 0.05) is 27.6 Å².